The summed E-state index contributed by atoms with van der Waals surface area (Å²) in [6.07, 6.45) is 15.5. The van der Waals surface area contributed by atoms with Crippen LogP contribution in [0.2, 0.25) is 0 Å². The van der Waals surface area contributed by atoms with Gasteiger partial charge in [0.25, 0.3) is 0 Å². The van der Waals surface area contributed by atoms with Crippen molar-refractivity contribution < 1.29 is 17.1 Å². The maximum Gasteiger partial charge on any atom is 1.00 e. The van der Waals surface area contributed by atoms with Crippen molar-refractivity contribution in [3.8, 4) is 0 Å². The SMILES string of the molecule is CCCCP(CCCC)CCCC.[CH2-]CCC.[Cu+]. The van der Waals surface area contributed by atoms with Crippen LogP contribution < -0.4 is 0 Å². The minimum Gasteiger partial charge on any atom is -0.343 e. The summed E-state index contributed by atoms with van der Waals surface area (Å²) >= 11 is 0. The van der Waals surface area contributed by atoms with Gasteiger partial charge in [-0.05, 0) is 37.7 Å². The van der Waals surface area contributed by atoms with Gasteiger partial charge < -0.3 is 6.92 Å². The van der Waals surface area contributed by atoms with Crippen LogP contribution in [0.3, 0.4) is 0 Å². The van der Waals surface area contributed by atoms with Gasteiger partial charge in [0.2, 0.25) is 0 Å². The number of rotatable bonds is 10. The first kappa shape index (κ1) is 24.0. The summed E-state index contributed by atoms with van der Waals surface area (Å²) in [5.41, 5.74) is 0. The maximum atomic E-state index is 3.60. The molecule has 0 aliphatic carbocycles. The molecule has 0 fully saturated rings. The van der Waals surface area contributed by atoms with Crippen molar-refractivity contribution in [2.45, 2.75) is 79.1 Å². The Morgan fingerprint density at radius 1 is 0.667 bits per heavy atom. The fraction of sp³-hybridized carbons (Fsp3) is 0.938. The van der Waals surface area contributed by atoms with Crippen LogP contribution in [0.25, 0.3) is 0 Å². The molecule has 116 valence electrons. The van der Waals surface area contributed by atoms with E-state index in [1.807, 2.05) is 0 Å². The summed E-state index contributed by atoms with van der Waals surface area (Å²) < 4.78 is 0. The van der Waals surface area contributed by atoms with Crippen LogP contribution in [-0.2, 0) is 17.1 Å². The Morgan fingerprint density at radius 2 is 0.944 bits per heavy atom. The first-order valence-electron chi connectivity index (χ1n) is 7.78. The molecule has 0 nitrogen and oxygen atoms in total. The fourth-order valence-electron chi connectivity index (χ4n) is 1.48. The molecule has 0 bridgehead atoms. The van der Waals surface area contributed by atoms with Gasteiger partial charge in [0, 0.05) is 0 Å². The Labute approximate surface area is 129 Å². The molecule has 0 radical (unpaired) electrons. The van der Waals surface area contributed by atoms with Crippen molar-refractivity contribution in [2.75, 3.05) is 18.5 Å². The Hall–Kier alpha value is 0.949. The van der Waals surface area contributed by atoms with Crippen molar-refractivity contribution in [1.29, 1.82) is 0 Å². The monoisotopic (exact) mass is 322 g/mol. The molecule has 0 heterocycles. The standard InChI is InChI=1S/C12H27P.C4H9.Cu/c1-4-7-10-13(11-8-5-2)12-9-6-3;1-3-4-2;/h4-12H2,1-3H3;1,3-4H2,2H3;/q;-1;+1. The normalized spacial score (nSPS) is 9.67. The smallest absolute Gasteiger partial charge is 0.343 e. The van der Waals surface area contributed by atoms with E-state index in [1.165, 1.54) is 44.9 Å². The van der Waals surface area contributed by atoms with Crippen LogP contribution in [0.15, 0.2) is 0 Å². The van der Waals surface area contributed by atoms with Gasteiger partial charge in [0.1, 0.15) is 0 Å². The summed E-state index contributed by atoms with van der Waals surface area (Å²) in [5.74, 6) is 0. The van der Waals surface area contributed by atoms with Crippen molar-refractivity contribution in [2.24, 2.45) is 0 Å². The third-order valence-corrected chi connectivity index (χ3v) is 5.68. The van der Waals surface area contributed by atoms with Gasteiger partial charge in [0.15, 0.2) is 0 Å². The first-order valence-corrected chi connectivity index (χ1v) is 9.67. The predicted octanol–water partition coefficient (Wildman–Crippen LogP) is 6.49. The maximum absolute atomic E-state index is 3.60. The van der Waals surface area contributed by atoms with E-state index < -0.39 is 0 Å². The summed E-state index contributed by atoms with van der Waals surface area (Å²) in [5, 5.41) is 0. The summed E-state index contributed by atoms with van der Waals surface area (Å²) in [6, 6.07) is 0. The fourth-order valence-corrected chi connectivity index (χ4v) is 4.44. The molecule has 0 aromatic heterocycles. The van der Waals surface area contributed by atoms with E-state index >= 15 is 0 Å². The second-order valence-corrected chi connectivity index (χ2v) is 7.44. The molecule has 2 heteroatoms. The van der Waals surface area contributed by atoms with Gasteiger partial charge in [-0.15, -0.1) is 7.92 Å². The Bertz CT molecular complexity index is 96.6. The molecule has 0 N–H and O–H groups in total. The average Bonchev–Trinajstić information content (AvgIpc) is 2.38. The Morgan fingerprint density at radius 3 is 1.11 bits per heavy atom. The van der Waals surface area contributed by atoms with Crippen molar-refractivity contribution in [3.05, 3.63) is 6.92 Å². The van der Waals surface area contributed by atoms with Crippen molar-refractivity contribution >= 4 is 7.92 Å². The van der Waals surface area contributed by atoms with E-state index in [0.29, 0.717) is 7.92 Å². The van der Waals surface area contributed by atoms with Crippen molar-refractivity contribution in [1.82, 2.24) is 0 Å². The van der Waals surface area contributed by atoms with E-state index in [2.05, 4.69) is 34.6 Å². The van der Waals surface area contributed by atoms with Crippen LogP contribution in [0.5, 0.6) is 0 Å². The van der Waals surface area contributed by atoms with E-state index in [0.717, 1.165) is 6.42 Å². The molecular weight excluding hydrogens is 287 g/mol. The van der Waals surface area contributed by atoms with Crippen LogP contribution in [-0.4, -0.2) is 18.5 Å². The molecule has 0 aliphatic rings. The molecule has 0 aromatic rings. The third kappa shape index (κ3) is 22.2. The predicted molar refractivity (Wildman–Crippen MR) is 86.5 cm³/mol. The summed E-state index contributed by atoms with van der Waals surface area (Å²) in [4.78, 5) is 0. The molecular formula is C16H36CuP. The molecule has 0 saturated heterocycles. The topological polar surface area (TPSA) is 0 Å². The Balaban J connectivity index is -0.000000392. The first-order chi connectivity index (χ1) is 8.26. The van der Waals surface area contributed by atoms with Gasteiger partial charge in [-0.2, -0.15) is 6.42 Å². The minimum absolute atomic E-state index is 0. The van der Waals surface area contributed by atoms with E-state index in [1.54, 1.807) is 18.5 Å². The molecule has 0 aromatic carbocycles. The number of hydrogen-bond acceptors (Lipinski definition) is 0. The van der Waals surface area contributed by atoms with Crippen LogP contribution in [0, 0.1) is 6.92 Å². The van der Waals surface area contributed by atoms with Gasteiger partial charge in [-0.25, -0.2) is 0 Å². The van der Waals surface area contributed by atoms with Gasteiger partial charge in [0.05, 0.1) is 0 Å². The molecule has 0 spiro atoms. The average molecular weight is 323 g/mol. The molecule has 0 saturated carbocycles. The summed E-state index contributed by atoms with van der Waals surface area (Å²) in [7, 11) is 0.422. The van der Waals surface area contributed by atoms with E-state index in [-0.39, 0.29) is 17.1 Å². The number of hydrogen-bond donors (Lipinski definition) is 0. The van der Waals surface area contributed by atoms with Crippen molar-refractivity contribution in [3.63, 3.8) is 0 Å². The quantitative estimate of drug-likeness (QED) is 0.245. The molecule has 0 atom stereocenters. The van der Waals surface area contributed by atoms with Crippen LogP contribution in [0.4, 0.5) is 0 Å². The van der Waals surface area contributed by atoms with Gasteiger partial charge in [-0.1, -0.05) is 53.4 Å². The summed E-state index contributed by atoms with van der Waals surface area (Å²) in [6.45, 7) is 12.7. The molecule has 18 heavy (non-hydrogen) atoms. The molecule has 0 rings (SSSR count). The number of unbranched alkanes of at least 4 members (excludes halogenated alkanes) is 4. The third-order valence-electron chi connectivity index (χ3n) is 2.84. The second-order valence-electron chi connectivity index (χ2n) is 4.76. The molecule has 0 amide bonds. The van der Waals surface area contributed by atoms with Gasteiger partial charge in [-0.3, -0.25) is 0 Å². The Kier molecular flexibility index (Phi) is 30.8. The second kappa shape index (κ2) is 23.1. The van der Waals surface area contributed by atoms with Crippen LogP contribution in [0.1, 0.15) is 79.1 Å². The molecule has 0 aliphatic heterocycles. The van der Waals surface area contributed by atoms with Gasteiger partial charge >= 0.3 is 17.1 Å². The molecule has 0 unspecified atom stereocenters. The van der Waals surface area contributed by atoms with Crippen LogP contribution >= 0.6 is 7.92 Å². The van der Waals surface area contributed by atoms with E-state index in [9.17, 15) is 0 Å². The zero-order valence-corrected chi connectivity index (χ0v) is 15.1. The zero-order valence-electron chi connectivity index (χ0n) is 13.2. The largest absolute Gasteiger partial charge is 1.00 e. The minimum atomic E-state index is 0. The zero-order chi connectivity index (χ0) is 13.4. The van der Waals surface area contributed by atoms with E-state index in [4.69, 9.17) is 0 Å².